The summed E-state index contributed by atoms with van der Waals surface area (Å²) in [4.78, 5) is 31.7. The van der Waals surface area contributed by atoms with Crippen LogP contribution in [0.4, 0.5) is 0 Å². The molecule has 0 spiro atoms. The fourth-order valence-electron chi connectivity index (χ4n) is 4.45. The molecular formula is C27H26N4O2. The van der Waals surface area contributed by atoms with Crippen LogP contribution in [0.2, 0.25) is 0 Å². The minimum atomic E-state index is -0.104. The zero-order valence-electron chi connectivity index (χ0n) is 18.6. The number of rotatable bonds is 5. The van der Waals surface area contributed by atoms with Gasteiger partial charge in [-0.05, 0) is 60.4 Å². The average molecular weight is 439 g/mol. The number of hydrogen-bond acceptors (Lipinski definition) is 3. The van der Waals surface area contributed by atoms with Crippen LogP contribution in [0.3, 0.4) is 0 Å². The van der Waals surface area contributed by atoms with Crippen LogP contribution in [0.25, 0.3) is 5.65 Å². The van der Waals surface area contributed by atoms with Gasteiger partial charge in [0.1, 0.15) is 5.65 Å². The number of aryl methyl sites for hydroxylation is 1. The monoisotopic (exact) mass is 438 g/mol. The lowest BCUT2D eigenvalue weighted by Gasteiger charge is -2.18. The molecule has 1 fully saturated rings. The Bertz CT molecular complexity index is 1310. The van der Waals surface area contributed by atoms with Gasteiger partial charge in [-0.15, -0.1) is 0 Å². The molecule has 1 unspecified atom stereocenters. The summed E-state index contributed by atoms with van der Waals surface area (Å²) in [5.41, 5.74) is 5.44. The summed E-state index contributed by atoms with van der Waals surface area (Å²) in [6.07, 6.45) is 6.51. The van der Waals surface area contributed by atoms with Gasteiger partial charge in [0.05, 0.1) is 0 Å². The zero-order valence-corrected chi connectivity index (χ0v) is 18.6. The lowest BCUT2D eigenvalue weighted by molar-refractivity contribution is 0.0789. The van der Waals surface area contributed by atoms with Crippen LogP contribution in [0.1, 0.15) is 49.7 Å². The number of pyridine rings is 1. The van der Waals surface area contributed by atoms with Crippen molar-refractivity contribution in [1.82, 2.24) is 19.6 Å². The van der Waals surface area contributed by atoms with E-state index in [9.17, 15) is 9.59 Å². The van der Waals surface area contributed by atoms with Crippen molar-refractivity contribution < 1.29 is 9.59 Å². The van der Waals surface area contributed by atoms with Crippen LogP contribution in [0.5, 0.6) is 0 Å². The second-order valence-corrected chi connectivity index (χ2v) is 8.58. The molecule has 0 bridgehead atoms. The maximum atomic E-state index is 12.9. The Kier molecular flexibility index (Phi) is 5.65. The smallest absolute Gasteiger partial charge is 0.254 e. The number of carbonyl (C=O) groups is 2. The van der Waals surface area contributed by atoms with Crippen LogP contribution in [-0.2, 0) is 6.54 Å². The minimum Gasteiger partial charge on any atom is -0.348 e. The molecule has 1 aliphatic rings. The van der Waals surface area contributed by atoms with Crippen molar-refractivity contribution >= 4 is 17.5 Å². The van der Waals surface area contributed by atoms with E-state index in [0.29, 0.717) is 18.7 Å². The van der Waals surface area contributed by atoms with Crippen molar-refractivity contribution in [1.29, 1.82) is 0 Å². The quantitative estimate of drug-likeness (QED) is 0.508. The summed E-state index contributed by atoms with van der Waals surface area (Å²) in [7, 11) is 0. The molecule has 6 heteroatoms. The molecule has 0 aliphatic carbocycles. The highest BCUT2D eigenvalue weighted by molar-refractivity contribution is 5.96. The molecule has 0 radical (unpaired) electrons. The molecule has 6 nitrogen and oxygen atoms in total. The highest BCUT2D eigenvalue weighted by Gasteiger charge is 2.28. The Morgan fingerprint density at radius 1 is 1.06 bits per heavy atom. The number of nitrogens with zero attached hydrogens (tertiary/aromatic N) is 3. The fourth-order valence-corrected chi connectivity index (χ4v) is 4.45. The first-order valence-electron chi connectivity index (χ1n) is 11.2. The first-order valence-corrected chi connectivity index (χ1v) is 11.2. The van der Waals surface area contributed by atoms with Crippen LogP contribution in [-0.4, -0.2) is 39.2 Å². The molecule has 3 heterocycles. The van der Waals surface area contributed by atoms with E-state index in [1.165, 1.54) is 0 Å². The number of carbonyl (C=O) groups excluding carboxylic acids is 2. The Balaban J connectivity index is 1.19. The van der Waals surface area contributed by atoms with Crippen molar-refractivity contribution in [2.45, 2.75) is 25.8 Å². The normalized spacial score (nSPS) is 15.7. The lowest BCUT2D eigenvalue weighted by atomic mass is 9.97. The first-order chi connectivity index (χ1) is 16.1. The molecule has 2 aromatic heterocycles. The molecular weight excluding hydrogens is 412 g/mol. The largest absolute Gasteiger partial charge is 0.348 e. The Labute approximate surface area is 192 Å². The minimum absolute atomic E-state index is 0.0973. The van der Waals surface area contributed by atoms with E-state index in [4.69, 9.17) is 0 Å². The lowest BCUT2D eigenvalue weighted by Crippen LogP contribution is -2.29. The van der Waals surface area contributed by atoms with Crippen LogP contribution in [0, 0.1) is 6.92 Å². The summed E-state index contributed by atoms with van der Waals surface area (Å²) >= 11 is 0. The van der Waals surface area contributed by atoms with Gasteiger partial charge in [0, 0.05) is 55.3 Å². The topological polar surface area (TPSA) is 66.7 Å². The molecule has 2 aromatic carbocycles. The molecule has 1 saturated heterocycles. The van der Waals surface area contributed by atoms with Crippen molar-refractivity contribution in [3.05, 3.63) is 107 Å². The molecule has 166 valence electrons. The van der Waals surface area contributed by atoms with E-state index in [0.717, 1.165) is 40.9 Å². The highest BCUT2D eigenvalue weighted by Crippen LogP contribution is 2.29. The van der Waals surface area contributed by atoms with E-state index in [-0.39, 0.29) is 17.7 Å². The van der Waals surface area contributed by atoms with Crippen molar-refractivity contribution in [3.63, 3.8) is 0 Å². The van der Waals surface area contributed by atoms with Gasteiger partial charge in [-0.1, -0.05) is 30.3 Å². The molecule has 5 rings (SSSR count). The van der Waals surface area contributed by atoms with Gasteiger partial charge in [0.25, 0.3) is 11.8 Å². The number of aromatic nitrogens is 2. The Morgan fingerprint density at radius 2 is 1.88 bits per heavy atom. The van der Waals surface area contributed by atoms with E-state index in [1.54, 1.807) is 6.20 Å². The number of imidazole rings is 1. The Morgan fingerprint density at radius 3 is 2.70 bits per heavy atom. The number of hydrogen-bond donors (Lipinski definition) is 1. The van der Waals surface area contributed by atoms with Gasteiger partial charge >= 0.3 is 0 Å². The Hall–Kier alpha value is -3.93. The number of likely N-dealkylation sites (tertiary alicyclic amines) is 1. The summed E-state index contributed by atoms with van der Waals surface area (Å²) in [6, 6.07) is 19.4. The SMILES string of the molecule is Cc1ccccc1C(=O)N1CCC(c2ccc(C(=O)NCc3ccn4ccnc4c3)cc2)C1. The maximum absolute atomic E-state index is 12.9. The predicted molar refractivity (Wildman–Crippen MR) is 127 cm³/mol. The van der Waals surface area contributed by atoms with E-state index >= 15 is 0 Å². The average Bonchev–Trinajstić information content (AvgIpc) is 3.52. The number of amides is 2. The predicted octanol–water partition coefficient (Wildman–Crippen LogP) is 4.20. The third kappa shape index (κ3) is 4.37. The van der Waals surface area contributed by atoms with Crippen LogP contribution < -0.4 is 5.32 Å². The summed E-state index contributed by atoms with van der Waals surface area (Å²) in [5.74, 6) is 0.282. The van der Waals surface area contributed by atoms with Gasteiger partial charge in [-0.2, -0.15) is 0 Å². The summed E-state index contributed by atoms with van der Waals surface area (Å²) in [5, 5.41) is 2.98. The first kappa shape index (κ1) is 20.9. The zero-order chi connectivity index (χ0) is 22.8. The molecule has 1 atom stereocenters. The summed E-state index contributed by atoms with van der Waals surface area (Å²) in [6.45, 7) is 3.87. The van der Waals surface area contributed by atoms with E-state index < -0.39 is 0 Å². The molecule has 4 aromatic rings. The third-order valence-corrected chi connectivity index (χ3v) is 6.41. The molecule has 33 heavy (non-hydrogen) atoms. The van der Waals surface area contributed by atoms with Crippen LogP contribution >= 0.6 is 0 Å². The van der Waals surface area contributed by atoms with E-state index in [1.807, 2.05) is 89.3 Å². The maximum Gasteiger partial charge on any atom is 0.254 e. The molecule has 1 aliphatic heterocycles. The second kappa shape index (κ2) is 8.90. The van der Waals surface area contributed by atoms with Gasteiger partial charge in [-0.25, -0.2) is 4.98 Å². The summed E-state index contributed by atoms with van der Waals surface area (Å²) < 4.78 is 1.93. The number of benzene rings is 2. The number of fused-ring (bicyclic) bond motifs is 1. The molecule has 0 saturated carbocycles. The van der Waals surface area contributed by atoms with Gasteiger partial charge < -0.3 is 14.6 Å². The molecule has 2 amide bonds. The third-order valence-electron chi connectivity index (χ3n) is 6.41. The van der Waals surface area contributed by atoms with Gasteiger partial charge in [-0.3, -0.25) is 9.59 Å². The van der Waals surface area contributed by atoms with Crippen molar-refractivity contribution in [2.24, 2.45) is 0 Å². The van der Waals surface area contributed by atoms with E-state index in [2.05, 4.69) is 10.3 Å². The van der Waals surface area contributed by atoms with Crippen LogP contribution in [0.15, 0.2) is 79.3 Å². The fraction of sp³-hybridized carbons (Fsp3) is 0.222. The second-order valence-electron chi connectivity index (χ2n) is 8.58. The highest BCUT2D eigenvalue weighted by atomic mass is 16.2. The van der Waals surface area contributed by atoms with Crippen molar-refractivity contribution in [2.75, 3.05) is 13.1 Å². The van der Waals surface area contributed by atoms with Gasteiger partial charge in [0.15, 0.2) is 0 Å². The van der Waals surface area contributed by atoms with Crippen molar-refractivity contribution in [3.8, 4) is 0 Å². The number of nitrogens with one attached hydrogen (secondary N) is 1. The molecule has 1 N–H and O–H groups in total. The van der Waals surface area contributed by atoms with Gasteiger partial charge in [0.2, 0.25) is 0 Å². The standard InChI is InChI=1S/C27H26N4O2/c1-19-4-2-3-5-24(19)27(33)31-14-11-23(18-31)21-6-8-22(9-7-21)26(32)29-17-20-10-13-30-15-12-28-25(30)16-20/h2-10,12-13,15-16,23H,11,14,17-18H2,1H3,(H,29,32).